The first-order chi connectivity index (χ1) is 8.24. The van der Waals surface area contributed by atoms with E-state index in [2.05, 4.69) is 0 Å². The molecule has 3 nitrogen and oxygen atoms in total. The first-order valence-corrected chi connectivity index (χ1v) is 6.13. The molecule has 0 saturated heterocycles. The monoisotopic (exact) mass is 236 g/mol. The van der Waals surface area contributed by atoms with Gasteiger partial charge in [0.25, 0.3) is 0 Å². The van der Waals surface area contributed by atoms with Crippen molar-refractivity contribution in [2.24, 2.45) is 5.92 Å². The van der Waals surface area contributed by atoms with E-state index >= 15 is 0 Å². The van der Waals surface area contributed by atoms with Gasteiger partial charge in [0.15, 0.2) is 11.5 Å². The molecule has 0 radical (unpaired) electrons. The lowest BCUT2D eigenvalue weighted by molar-refractivity contribution is 0.0629. The number of aliphatic hydroxyl groups is 1. The normalized spacial score (nSPS) is 17.4. The molecule has 94 valence electrons. The van der Waals surface area contributed by atoms with E-state index in [9.17, 15) is 5.11 Å². The van der Waals surface area contributed by atoms with Gasteiger partial charge in [0.2, 0.25) is 0 Å². The van der Waals surface area contributed by atoms with Crippen LogP contribution in [0.3, 0.4) is 0 Å². The molecule has 0 aromatic heterocycles. The summed E-state index contributed by atoms with van der Waals surface area (Å²) in [6.07, 6.45) is 4.06. The number of hydrogen-bond donors (Lipinski definition) is 1. The SMILES string of the molecule is COc1ccc(CC(O)C2CCC2)cc1OC. The molecule has 1 aromatic rings. The van der Waals surface area contributed by atoms with E-state index < -0.39 is 0 Å². The smallest absolute Gasteiger partial charge is 0.160 e. The molecule has 1 fully saturated rings. The Morgan fingerprint density at radius 1 is 1.24 bits per heavy atom. The molecule has 0 aliphatic heterocycles. The molecule has 1 atom stereocenters. The molecule has 3 heteroatoms. The molecule has 1 unspecified atom stereocenters. The Morgan fingerprint density at radius 3 is 2.47 bits per heavy atom. The van der Waals surface area contributed by atoms with Gasteiger partial charge >= 0.3 is 0 Å². The van der Waals surface area contributed by atoms with Gasteiger partial charge in [-0.3, -0.25) is 0 Å². The van der Waals surface area contributed by atoms with Crippen LogP contribution >= 0.6 is 0 Å². The third kappa shape index (κ3) is 2.72. The fourth-order valence-corrected chi connectivity index (χ4v) is 2.24. The Hall–Kier alpha value is -1.22. The van der Waals surface area contributed by atoms with E-state index in [1.807, 2.05) is 18.2 Å². The Labute approximate surface area is 102 Å². The Morgan fingerprint density at radius 2 is 1.94 bits per heavy atom. The fourth-order valence-electron chi connectivity index (χ4n) is 2.24. The lowest BCUT2D eigenvalue weighted by Gasteiger charge is -2.30. The van der Waals surface area contributed by atoms with Gasteiger partial charge in [-0.1, -0.05) is 12.5 Å². The van der Waals surface area contributed by atoms with Crippen LogP contribution in [0.5, 0.6) is 11.5 Å². The summed E-state index contributed by atoms with van der Waals surface area (Å²) in [5, 5.41) is 10.0. The van der Waals surface area contributed by atoms with E-state index in [-0.39, 0.29) is 6.10 Å². The second kappa shape index (κ2) is 5.41. The molecule has 0 bridgehead atoms. The number of benzene rings is 1. The minimum Gasteiger partial charge on any atom is -0.493 e. The summed E-state index contributed by atoms with van der Waals surface area (Å²) in [6.45, 7) is 0. The highest BCUT2D eigenvalue weighted by Crippen LogP contribution is 2.33. The van der Waals surface area contributed by atoms with Crippen molar-refractivity contribution < 1.29 is 14.6 Å². The highest BCUT2D eigenvalue weighted by atomic mass is 16.5. The summed E-state index contributed by atoms with van der Waals surface area (Å²) in [5.41, 5.74) is 1.10. The van der Waals surface area contributed by atoms with Crippen molar-refractivity contribution in [1.82, 2.24) is 0 Å². The van der Waals surface area contributed by atoms with Gasteiger partial charge in [0.05, 0.1) is 20.3 Å². The molecule has 0 spiro atoms. The van der Waals surface area contributed by atoms with Crippen molar-refractivity contribution >= 4 is 0 Å². The van der Waals surface area contributed by atoms with E-state index in [4.69, 9.17) is 9.47 Å². The molecular formula is C14H20O3. The summed E-state index contributed by atoms with van der Waals surface area (Å²) < 4.78 is 10.4. The standard InChI is InChI=1S/C14H20O3/c1-16-13-7-6-10(9-14(13)17-2)8-12(15)11-4-3-5-11/h6-7,9,11-12,15H,3-5,8H2,1-2H3. The molecule has 1 aromatic carbocycles. The highest BCUT2D eigenvalue weighted by Gasteiger charge is 2.25. The second-order valence-corrected chi connectivity index (χ2v) is 4.65. The van der Waals surface area contributed by atoms with E-state index in [1.165, 1.54) is 6.42 Å². The second-order valence-electron chi connectivity index (χ2n) is 4.65. The summed E-state index contributed by atoms with van der Waals surface area (Å²) >= 11 is 0. The number of methoxy groups -OCH3 is 2. The quantitative estimate of drug-likeness (QED) is 0.853. The third-order valence-electron chi connectivity index (χ3n) is 3.59. The van der Waals surface area contributed by atoms with E-state index in [0.29, 0.717) is 12.3 Å². The summed E-state index contributed by atoms with van der Waals surface area (Å²) in [4.78, 5) is 0. The topological polar surface area (TPSA) is 38.7 Å². The maximum atomic E-state index is 10.0. The molecule has 1 aliphatic rings. The molecule has 17 heavy (non-hydrogen) atoms. The number of ether oxygens (including phenoxy) is 2. The lowest BCUT2D eigenvalue weighted by Crippen LogP contribution is -2.28. The van der Waals surface area contributed by atoms with Crippen LogP contribution in [0.2, 0.25) is 0 Å². The predicted octanol–water partition coefficient (Wildman–Crippen LogP) is 2.41. The van der Waals surface area contributed by atoms with Crippen molar-refractivity contribution in [3.05, 3.63) is 23.8 Å². The molecule has 1 N–H and O–H groups in total. The lowest BCUT2D eigenvalue weighted by atomic mass is 9.79. The number of aliphatic hydroxyl groups excluding tert-OH is 1. The first kappa shape index (κ1) is 12.2. The Bertz CT molecular complexity index is 372. The van der Waals surface area contributed by atoms with Gasteiger partial charge in [0.1, 0.15) is 0 Å². The van der Waals surface area contributed by atoms with Gasteiger partial charge in [-0.2, -0.15) is 0 Å². The van der Waals surface area contributed by atoms with Gasteiger partial charge in [0, 0.05) is 0 Å². The van der Waals surface area contributed by atoms with Gasteiger partial charge < -0.3 is 14.6 Å². The van der Waals surface area contributed by atoms with Gasteiger partial charge in [-0.05, 0) is 42.9 Å². The Kier molecular flexibility index (Phi) is 3.89. The van der Waals surface area contributed by atoms with Crippen LogP contribution in [0.1, 0.15) is 24.8 Å². The van der Waals surface area contributed by atoms with E-state index in [0.717, 1.165) is 29.9 Å². The zero-order valence-electron chi connectivity index (χ0n) is 10.5. The van der Waals surface area contributed by atoms with Crippen LogP contribution in [0, 0.1) is 5.92 Å². The van der Waals surface area contributed by atoms with Crippen LogP contribution in [-0.2, 0) is 6.42 Å². The van der Waals surface area contributed by atoms with Crippen LogP contribution in [0.15, 0.2) is 18.2 Å². The third-order valence-corrected chi connectivity index (χ3v) is 3.59. The van der Waals surface area contributed by atoms with Crippen molar-refractivity contribution in [3.8, 4) is 11.5 Å². The predicted molar refractivity (Wildman–Crippen MR) is 66.6 cm³/mol. The Balaban J connectivity index is 2.05. The minimum absolute atomic E-state index is 0.221. The first-order valence-electron chi connectivity index (χ1n) is 6.13. The van der Waals surface area contributed by atoms with Crippen molar-refractivity contribution in [3.63, 3.8) is 0 Å². The highest BCUT2D eigenvalue weighted by molar-refractivity contribution is 5.43. The van der Waals surface area contributed by atoms with Crippen molar-refractivity contribution in [2.75, 3.05) is 14.2 Å². The van der Waals surface area contributed by atoms with E-state index in [1.54, 1.807) is 14.2 Å². The molecule has 1 aliphatic carbocycles. The van der Waals surface area contributed by atoms with Crippen LogP contribution in [0.25, 0.3) is 0 Å². The summed E-state index contributed by atoms with van der Waals surface area (Å²) in [6, 6.07) is 5.83. The molecule has 2 rings (SSSR count). The van der Waals surface area contributed by atoms with Crippen molar-refractivity contribution in [2.45, 2.75) is 31.8 Å². The summed E-state index contributed by atoms with van der Waals surface area (Å²) in [7, 11) is 3.25. The minimum atomic E-state index is -0.221. The van der Waals surface area contributed by atoms with Crippen LogP contribution in [0.4, 0.5) is 0 Å². The van der Waals surface area contributed by atoms with Gasteiger partial charge in [-0.15, -0.1) is 0 Å². The maximum absolute atomic E-state index is 10.0. The summed E-state index contributed by atoms with van der Waals surface area (Å²) in [5.74, 6) is 1.95. The maximum Gasteiger partial charge on any atom is 0.160 e. The van der Waals surface area contributed by atoms with Crippen LogP contribution < -0.4 is 9.47 Å². The average molecular weight is 236 g/mol. The van der Waals surface area contributed by atoms with Gasteiger partial charge in [-0.25, -0.2) is 0 Å². The molecule has 1 saturated carbocycles. The zero-order chi connectivity index (χ0) is 12.3. The van der Waals surface area contributed by atoms with Crippen LogP contribution in [-0.4, -0.2) is 25.4 Å². The zero-order valence-corrected chi connectivity index (χ0v) is 10.5. The molecule has 0 amide bonds. The largest absolute Gasteiger partial charge is 0.493 e. The molecular weight excluding hydrogens is 216 g/mol. The number of rotatable bonds is 5. The van der Waals surface area contributed by atoms with Crippen molar-refractivity contribution in [1.29, 1.82) is 0 Å². The average Bonchev–Trinajstić information content (AvgIpc) is 2.26. The number of hydrogen-bond acceptors (Lipinski definition) is 3. The molecule has 0 heterocycles. The fraction of sp³-hybridized carbons (Fsp3) is 0.571.